The second-order valence-corrected chi connectivity index (χ2v) is 5.70. The van der Waals surface area contributed by atoms with Crippen molar-refractivity contribution in [3.8, 4) is 0 Å². The van der Waals surface area contributed by atoms with Crippen LogP contribution >= 0.6 is 0 Å². The molecule has 0 aliphatic rings. The summed E-state index contributed by atoms with van der Waals surface area (Å²) in [7, 11) is 0. The van der Waals surface area contributed by atoms with E-state index in [4.69, 9.17) is 17.2 Å². The van der Waals surface area contributed by atoms with E-state index in [-0.39, 0.29) is 5.91 Å². The van der Waals surface area contributed by atoms with Crippen LogP contribution in [0.2, 0.25) is 0 Å². The fourth-order valence-corrected chi connectivity index (χ4v) is 2.64. The van der Waals surface area contributed by atoms with Crippen LogP contribution in [0, 0.1) is 0 Å². The Morgan fingerprint density at radius 1 is 0.654 bits per heavy atom. The molecular weight excluding hydrogens is 328 g/mol. The van der Waals surface area contributed by atoms with E-state index in [1.54, 1.807) is 60.7 Å². The second-order valence-electron chi connectivity index (χ2n) is 5.70. The Morgan fingerprint density at radius 3 is 1.50 bits per heavy atom. The average molecular weight is 346 g/mol. The summed E-state index contributed by atoms with van der Waals surface area (Å²) in [5.74, 6) is -0.878. The SMILES string of the molecule is NC(=O)c1ccc(C(=O)N(c2ccccc2N)c2ccccc2N)cc1. The van der Waals surface area contributed by atoms with Crippen molar-refractivity contribution in [3.05, 3.63) is 83.9 Å². The molecule has 130 valence electrons. The molecule has 0 fully saturated rings. The van der Waals surface area contributed by atoms with Gasteiger partial charge in [0.2, 0.25) is 5.91 Å². The molecule has 0 aromatic heterocycles. The number of nitrogens with zero attached hydrogens (tertiary/aromatic N) is 1. The molecule has 0 spiro atoms. The third-order valence-corrected chi connectivity index (χ3v) is 3.97. The highest BCUT2D eigenvalue weighted by Crippen LogP contribution is 2.35. The lowest BCUT2D eigenvalue weighted by Crippen LogP contribution is -2.27. The standard InChI is InChI=1S/C20H18N4O2/c21-15-5-1-3-7-17(15)24(18-8-4-2-6-16(18)22)20(26)14-11-9-13(10-12-14)19(23)25/h1-12H,21-22H2,(H2,23,25). The van der Waals surface area contributed by atoms with Crippen molar-refractivity contribution >= 4 is 34.6 Å². The molecule has 2 amide bonds. The van der Waals surface area contributed by atoms with Gasteiger partial charge in [0.05, 0.1) is 22.7 Å². The summed E-state index contributed by atoms with van der Waals surface area (Å²) in [4.78, 5) is 25.9. The number of carbonyl (C=O) groups is 2. The number of carbonyl (C=O) groups excluding carboxylic acids is 2. The topological polar surface area (TPSA) is 115 Å². The van der Waals surface area contributed by atoms with Gasteiger partial charge in [0.15, 0.2) is 0 Å². The van der Waals surface area contributed by atoms with Gasteiger partial charge in [-0.15, -0.1) is 0 Å². The van der Waals surface area contributed by atoms with Gasteiger partial charge in [-0.1, -0.05) is 24.3 Å². The van der Waals surface area contributed by atoms with Crippen LogP contribution in [0.5, 0.6) is 0 Å². The van der Waals surface area contributed by atoms with Gasteiger partial charge >= 0.3 is 0 Å². The molecule has 3 aromatic rings. The zero-order valence-electron chi connectivity index (χ0n) is 13.9. The van der Waals surface area contributed by atoms with Gasteiger partial charge in [0.25, 0.3) is 5.91 Å². The lowest BCUT2D eigenvalue weighted by atomic mass is 10.1. The molecule has 0 radical (unpaired) electrons. The van der Waals surface area contributed by atoms with E-state index in [9.17, 15) is 9.59 Å². The van der Waals surface area contributed by atoms with Crippen molar-refractivity contribution in [2.75, 3.05) is 16.4 Å². The monoisotopic (exact) mass is 346 g/mol. The van der Waals surface area contributed by atoms with E-state index >= 15 is 0 Å². The summed E-state index contributed by atoms with van der Waals surface area (Å²) in [6, 6.07) is 20.2. The van der Waals surface area contributed by atoms with E-state index < -0.39 is 5.91 Å². The molecular formula is C20H18N4O2. The van der Waals surface area contributed by atoms with Gasteiger partial charge < -0.3 is 17.2 Å². The molecule has 3 aromatic carbocycles. The van der Waals surface area contributed by atoms with E-state index in [0.29, 0.717) is 33.9 Å². The minimum Gasteiger partial charge on any atom is -0.397 e. The first-order chi connectivity index (χ1) is 12.5. The Labute approximate surface area is 150 Å². The predicted molar refractivity (Wildman–Crippen MR) is 103 cm³/mol. The molecule has 0 bridgehead atoms. The fraction of sp³-hybridized carbons (Fsp3) is 0. The molecule has 0 atom stereocenters. The third-order valence-electron chi connectivity index (χ3n) is 3.97. The zero-order chi connectivity index (χ0) is 18.7. The van der Waals surface area contributed by atoms with Crippen LogP contribution in [-0.4, -0.2) is 11.8 Å². The zero-order valence-corrected chi connectivity index (χ0v) is 13.9. The summed E-state index contributed by atoms with van der Waals surface area (Å²) in [6.45, 7) is 0. The first kappa shape index (κ1) is 17.0. The Kier molecular flexibility index (Phi) is 4.57. The maximum absolute atomic E-state index is 13.2. The minimum atomic E-state index is -0.555. The lowest BCUT2D eigenvalue weighted by Gasteiger charge is -2.25. The van der Waals surface area contributed by atoms with Crippen molar-refractivity contribution in [3.63, 3.8) is 0 Å². The van der Waals surface area contributed by atoms with Gasteiger partial charge in [0, 0.05) is 11.1 Å². The van der Waals surface area contributed by atoms with Gasteiger partial charge in [-0.25, -0.2) is 0 Å². The van der Waals surface area contributed by atoms with Crippen molar-refractivity contribution < 1.29 is 9.59 Å². The number of primary amides is 1. The predicted octanol–water partition coefficient (Wildman–Crippen LogP) is 2.93. The quantitative estimate of drug-likeness (QED) is 0.630. The summed E-state index contributed by atoms with van der Waals surface area (Å²) in [6.07, 6.45) is 0. The van der Waals surface area contributed by atoms with Crippen molar-refractivity contribution in [1.82, 2.24) is 0 Å². The summed E-state index contributed by atoms with van der Waals surface area (Å²) < 4.78 is 0. The van der Waals surface area contributed by atoms with Crippen LogP contribution in [0.3, 0.4) is 0 Å². The second kappa shape index (κ2) is 6.98. The molecule has 0 aliphatic carbocycles. The average Bonchev–Trinajstić information content (AvgIpc) is 2.65. The van der Waals surface area contributed by atoms with Gasteiger partial charge in [-0.2, -0.15) is 0 Å². The van der Waals surface area contributed by atoms with Crippen molar-refractivity contribution in [2.24, 2.45) is 5.73 Å². The Hall–Kier alpha value is -3.80. The lowest BCUT2D eigenvalue weighted by molar-refractivity contribution is 0.0988. The Bertz CT molecular complexity index is 922. The normalized spacial score (nSPS) is 10.3. The number of hydrogen-bond acceptors (Lipinski definition) is 4. The smallest absolute Gasteiger partial charge is 0.262 e. The first-order valence-corrected chi connectivity index (χ1v) is 7.92. The van der Waals surface area contributed by atoms with Gasteiger partial charge in [-0.05, 0) is 48.5 Å². The number of nitrogens with two attached hydrogens (primary N) is 3. The van der Waals surface area contributed by atoms with E-state index in [1.165, 1.54) is 17.0 Å². The molecule has 0 heterocycles. The molecule has 0 unspecified atom stereocenters. The molecule has 0 saturated carbocycles. The molecule has 6 heteroatoms. The molecule has 0 aliphatic heterocycles. The summed E-state index contributed by atoms with van der Waals surface area (Å²) in [5.41, 5.74) is 20.1. The van der Waals surface area contributed by atoms with E-state index in [2.05, 4.69) is 0 Å². The van der Waals surface area contributed by atoms with Crippen LogP contribution < -0.4 is 22.1 Å². The summed E-state index contributed by atoms with van der Waals surface area (Å²) in [5, 5.41) is 0. The molecule has 6 N–H and O–H groups in total. The molecule has 26 heavy (non-hydrogen) atoms. The molecule has 0 saturated heterocycles. The van der Waals surface area contributed by atoms with Crippen LogP contribution in [-0.2, 0) is 0 Å². The number of rotatable bonds is 4. The molecule has 6 nitrogen and oxygen atoms in total. The fourth-order valence-electron chi connectivity index (χ4n) is 2.64. The van der Waals surface area contributed by atoms with Gasteiger partial charge in [0.1, 0.15) is 0 Å². The third kappa shape index (κ3) is 3.21. The van der Waals surface area contributed by atoms with Gasteiger partial charge in [-0.3, -0.25) is 14.5 Å². The van der Waals surface area contributed by atoms with E-state index in [1.807, 2.05) is 0 Å². The van der Waals surface area contributed by atoms with Crippen LogP contribution in [0.1, 0.15) is 20.7 Å². The summed E-state index contributed by atoms with van der Waals surface area (Å²) >= 11 is 0. The maximum Gasteiger partial charge on any atom is 0.262 e. The Morgan fingerprint density at radius 2 is 1.08 bits per heavy atom. The van der Waals surface area contributed by atoms with E-state index in [0.717, 1.165) is 0 Å². The number of anilines is 4. The highest BCUT2D eigenvalue weighted by Gasteiger charge is 2.23. The number of benzene rings is 3. The van der Waals surface area contributed by atoms with Crippen molar-refractivity contribution in [2.45, 2.75) is 0 Å². The number of hydrogen-bond donors (Lipinski definition) is 3. The number of para-hydroxylation sites is 4. The largest absolute Gasteiger partial charge is 0.397 e. The highest BCUT2D eigenvalue weighted by molar-refractivity contribution is 6.14. The number of nitrogen functional groups attached to an aromatic ring is 2. The van der Waals surface area contributed by atoms with Crippen LogP contribution in [0.25, 0.3) is 0 Å². The number of amides is 2. The Balaban J connectivity index is 2.12. The van der Waals surface area contributed by atoms with Crippen LogP contribution in [0.15, 0.2) is 72.8 Å². The highest BCUT2D eigenvalue weighted by atomic mass is 16.2. The maximum atomic E-state index is 13.2. The minimum absolute atomic E-state index is 0.322. The first-order valence-electron chi connectivity index (χ1n) is 7.92. The van der Waals surface area contributed by atoms with Crippen molar-refractivity contribution in [1.29, 1.82) is 0 Å². The van der Waals surface area contributed by atoms with Crippen LogP contribution in [0.4, 0.5) is 22.7 Å². The molecule has 3 rings (SSSR count).